The van der Waals surface area contributed by atoms with Crippen LogP contribution in [0.15, 0.2) is 194 Å². The van der Waals surface area contributed by atoms with Crippen molar-refractivity contribution in [3.63, 3.8) is 0 Å². The summed E-state index contributed by atoms with van der Waals surface area (Å²) in [4.78, 5) is 2.58. The van der Waals surface area contributed by atoms with Crippen molar-refractivity contribution in [1.29, 1.82) is 0 Å². The van der Waals surface area contributed by atoms with Crippen LogP contribution in [0.25, 0.3) is 55.3 Å². The van der Waals surface area contributed by atoms with E-state index < -0.39 is 8.07 Å². The number of hydrogen-bond donors (Lipinski definition) is 0. The summed E-state index contributed by atoms with van der Waals surface area (Å²) in [6, 6.07) is 75.4. The largest absolute Gasteiger partial charge is 0.310 e. The molecule has 1 spiro atoms. The third-order valence-corrected chi connectivity index (χ3v) is 21.9. The molecule has 332 valence electrons. The fourth-order valence-corrected chi connectivity index (χ4v) is 19.2. The van der Waals surface area contributed by atoms with Crippen molar-refractivity contribution in [2.45, 2.75) is 89.4 Å². The molecule has 2 aliphatic heterocycles. The number of benzene rings is 9. The minimum Gasteiger partial charge on any atom is -0.310 e. The van der Waals surface area contributed by atoms with E-state index in [4.69, 9.17) is 0 Å². The fourth-order valence-electron chi connectivity index (χ4n) is 13.6. The van der Waals surface area contributed by atoms with E-state index in [0.717, 1.165) is 0 Å². The van der Waals surface area contributed by atoms with Gasteiger partial charge in [-0.2, -0.15) is 0 Å². The predicted molar refractivity (Wildman–Crippen MR) is 292 cm³/mol. The van der Waals surface area contributed by atoms with Gasteiger partial charge in [0.2, 0.25) is 0 Å². The van der Waals surface area contributed by atoms with E-state index in [1.807, 2.05) is 0 Å². The molecule has 0 bridgehead atoms. The molecule has 0 amide bonds. The molecule has 68 heavy (non-hydrogen) atoms. The maximum Gasteiger partial charge on any atom is 0.182 e. The highest BCUT2D eigenvalue weighted by atomic mass is 28.3. The molecule has 0 saturated heterocycles. The average molecular weight is 894 g/mol. The summed E-state index contributed by atoms with van der Waals surface area (Å²) in [6.45, 7) is 9.76. The number of hydrogen-bond acceptors (Lipinski definition) is 1. The van der Waals surface area contributed by atoms with E-state index in [1.165, 1.54) is 155 Å². The Bertz CT molecular complexity index is 3410. The SMILES string of the molecule is CC1(C)CCC(C)(C)c2c(-c3ccc(N(c4cccc(C5CCCCC5)c4)c4cc(-c5cccc6c5-c5ccccc5[Si]65c6ccccc6-c6ccccc65)cc5ccccc45)cc3)cccc21. The average Bonchev–Trinajstić information content (AvgIpc) is 3.86. The number of anilines is 3. The van der Waals surface area contributed by atoms with Crippen molar-refractivity contribution in [2.24, 2.45) is 0 Å². The van der Waals surface area contributed by atoms with Crippen molar-refractivity contribution in [1.82, 2.24) is 0 Å². The lowest BCUT2D eigenvalue weighted by molar-refractivity contribution is 0.333. The first-order chi connectivity index (χ1) is 33.2. The maximum absolute atomic E-state index is 2.60. The van der Waals surface area contributed by atoms with Crippen LogP contribution in [0, 0.1) is 0 Å². The molecule has 2 aliphatic carbocycles. The summed E-state index contributed by atoms with van der Waals surface area (Å²) in [5.74, 6) is 0.599. The minimum absolute atomic E-state index is 0.107. The van der Waals surface area contributed by atoms with Crippen LogP contribution in [0.3, 0.4) is 0 Å². The summed E-state index contributed by atoms with van der Waals surface area (Å²) in [5, 5.41) is 8.54. The normalized spacial score (nSPS) is 17.0. The lowest BCUT2D eigenvalue weighted by Gasteiger charge is -2.43. The molecule has 1 fully saturated rings. The van der Waals surface area contributed by atoms with E-state index in [1.54, 1.807) is 0 Å². The highest BCUT2D eigenvalue weighted by Gasteiger charge is 2.54. The summed E-state index contributed by atoms with van der Waals surface area (Å²) >= 11 is 0. The van der Waals surface area contributed by atoms with Crippen LogP contribution < -0.4 is 25.6 Å². The quantitative estimate of drug-likeness (QED) is 0.150. The Morgan fingerprint density at radius 1 is 0.441 bits per heavy atom. The Balaban J connectivity index is 1.02. The molecule has 9 aromatic carbocycles. The van der Waals surface area contributed by atoms with E-state index in [0.29, 0.717) is 5.92 Å². The van der Waals surface area contributed by atoms with E-state index >= 15 is 0 Å². The van der Waals surface area contributed by atoms with Gasteiger partial charge in [0.1, 0.15) is 0 Å². The first-order valence-electron chi connectivity index (χ1n) is 25.3. The molecular formula is C66H59NSi. The van der Waals surface area contributed by atoms with Gasteiger partial charge in [0.15, 0.2) is 8.07 Å². The van der Waals surface area contributed by atoms with Gasteiger partial charge in [-0.05, 0) is 166 Å². The molecule has 2 heterocycles. The lowest BCUT2D eigenvalue weighted by atomic mass is 9.61. The Morgan fingerprint density at radius 2 is 1.03 bits per heavy atom. The van der Waals surface area contributed by atoms with E-state index in [-0.39, 0.29) is 10.8 Å². The molecule has 1 nitrogen and oxygen atoms in total. The highest BCUT2D eigenvalue weighted by molar-refractivity contribution is 7.24. The smallest absolute Gasteiger partial charge is 0.182 e. The van der Waals surface area contributed by atoms with Crippen LogP contribution in [-0.4, -0.2) is 8.07 Å². The number of nitrogens with zero attached hydrogens (tertiary/aromatic N) is 1. The van der Waals surface area contributed by atoms with Gasteiger partial charge < -0.3 is 4.90 Å². The summed E-state index contributed by atoms with van der Waals surface area (Å²) < 4.78 is 0. The number of fused-ring (bicyclic) bond motifs is 12. The van der Waals surface area contributed by atoms with Crippen LogP contribution in [0.2, 0.25) is 0 Å². The van der Waals surface area contributed by atoms with Gasteiger partial charge in [-0.25, -0.2) is 0 Å². The monoisotopic (exact) mass is 893 g/mol. The van der Waals surface area contributed by atoms with E-state index in [2.05, 4.69) is 227 Å². The maximum atomic E-state index is 2.58. The second-order valence-electron chi connectivity index (χ2n) is 21.6. The third kappa shape index (κ3) is 6.19. The van der Waals surface area contributed by atoms with Gasteiger partial charge in [-0.1, -0.05) is 205 Å². The fraction of sp³-hybridized carbons (Fsp3) is 0.212. The molecule has 13 rings (SSSR count). The molecule has 1 saturated carbocycles. The first kappa shape index (κ1) is 41.4. The van der Waals surface area contributed by atoms with Gasteiger partial charge in [-0.3, -0.25) is 0 Å². The predicted octanol–water partition coefficient (Wildman–Crippen LogP) is 15.4. The van der Waals surface area contributed by atoms with Crippen LogP contribution in [0.4, 0.5) is 17.1 Å². The second-order valence-corrected chi connectivity index (χ2v) is 25.3. The first-order valence-corrected chi connectivity index (χ1v) is 27.3. The number of rotatable bonds is 6. The van der Waals surface area contributed by atoms with Crippen molar-refractivity contribution < 1.29 is 0 Å². The zero-order chi connectivity index (χ0) is 45.8. The topological polar surface area (TPSA) is 3.24 Å². The van der Waals surface area contributed by atoms with Crippen LogP contribution in [-0.2, 0) is 10.8 Å². The highest BCUT2D eigenvalue weighted by Crippen LogP contribution is 2.51. The molecular weight excluding hydrogens is 835 g/mol. The van der Waals surface area contributed by atoms with Crippen molar-refractivity contribution in [3.05, 3.63) is 211 Å². The Hall–Kier alpha value is -6.74. The molecule has 2 heteroatoms. The molecule has 4 aliphatic rings. The summed E-state index contributed by atoms with van der Waals surface area (Å²) in [5.41, 5.74) is 19.1. The zero-order valence-electron chi connectivity index (χ0n) is 39.9. The van der Waals surface area contributed by atoms with Gasteiger partial charge in [-0.15, -0.1) is 0 Å². The summed E-state index contributed by atoms with van der Waals surface area (Å²) in [6.07, 6.45) is 8.92. The zero-order valence-corrected chi connectivity index (χ0v) is 40.9. The Labute approximate surface area is 404 Å². The van der Waals surface area contributed by atoms with Crippen LogP contribution in [0.1, 0.15) is 95.2 Å². The molecule has 9 aromatic rings. The molecule has 0 unspecified atom stereocenters. The third-order valence-electron chi connectivity index (χ3n) is 16.9. The molecule has 0 N–H and O–H groups in total. The standard InChI is InChI=1S/C66H59NSi/c1-65(2)39-40-66(3,4)64-53(29-17-30-57(64)65)45-35-37-49(38-36-45)67(50-23-16-22-46(42-50)44-19-6-5-7-20-44)58-43-48(41-47-21-8-9-24-51(47)58)52-28-18-34-62-63(52)56-27-12-15-33-61(56)68(62)59-31-13-10-25-54(59)55-26-11-14-32-60(55)68/h8-18,21-38,41-44H,5-7,19-20,39-40H2,1-4H3. The molecule has 0 atom stereocenters. The Morgan fingerprint density at radius 3 is 1.78 bits per heavy atom. The summed E-state index contributed by atoms with van der Waals surface area (Å²) in [7, 11) is -2.60. The minimum atomic E-state index is -2.60. The Kier molecular flexibility index (Phi) is 9.54. The van der Waals surface area contributed by atoms with Gasteiger partial charge in [0.05, 0.1) is 5.69 Å². The van der Waals surface area contributed by atoms with Crippen molar-refractivity contribution in [3.8, 4) is 44.5 Å². The van der Waals surface area contributed by atoms with Crippen LogP contribution in [0.5, 0.6) is 0 Å². The van der Waals surface area contributed by atoms with Crippen molar-refractivity contribution in [2.75, 3.05) is 4.90 Å². The molecule has 0 radical (unpaired) electrons. The second kappa shape index (κ2) is 15.7. The lowest BCUT2D eigenvalue weighted by Crippen LogP contribution is -2.70. The van der Waals surface area contributed by atoms with E-state index in [9.17, 15) is 0 Å². The van der Waals surface area contributed by atoms with Crippen molar-refractivity contribution >= 4 is 56.7 Å². The van der Waals surface area contributed by atoms with Gasteiger partial charge >= 0.3 is 0 Å². The molecule has 0 aromatic heterocycles. The van der Waals surface area contributed by atoms with Gasteiger partial charge in [0.25, 0.3) is 0 Å². The van der Waals surface area contributed by atoms with Crippen LogP contribution >= 0.6 is 0 Å². The van der Waals surface area contributed by atoms with Gasteiger partial charge in [0, 0.05) is 16.8 Å².